The molecule has 2 aliphatic rings. The predicted octanol–water partition coefficient (Wildman–Crippen LogP) is 3.07. The molecule has 3 nitrogen and oxygen atoms in total. The Morgan fingerprint density at radius 2 is 1.95 bits per heavy atom. The average molecular weight is 301 g/mol. The summed E-state index contributed by atoms with van der Waals surface area (Å²) in [6.45, 7) is 0. The van der Waals surface area contributed by atoms with Crippen LogP contribution in [0.15, 0.2) is 24.3 Å². The van der Waals surface area contributed by atoms with Gasteiger partial charge in [0.1, 0.15) is 0 Å². The standard InChI is InChI=1S/C14H17ClN2O.ClH/c15-10-3-1-2-4-11(10)17-14(18)12-8-5-6-9(7-8)13(12)16;/h1-4,8-9,12-13H,5-7,16H2,(H,17,18);1H. The predicted molar refractivity (Wildman–Crippen MR) is 79.6 cm³/mol. The van der Waals surface area contributed by atoms with Gasteiger partial charge < -0.3 is 11.1 Å². The van der Waals surface area contributed by atoms with Crippen molar-refractivity contribution in [1.82, 2.24) is 0 Å². The second kappa shape index (κ2) is 5.70. The monoisotopic (exact) mass is 300 g/mol. The third-order valence-corrected chi connectivity index (χ3v) is 4.74. The van der Waals surface area contributed by atoms with Gasteiger partial charge in [0, 0.05) is 6.04 Å². The summed E-state index contributed by atoms with van der Waals surface area (Å²) in [5, 5.41) is 3.49. The molecule has 2 fully saturated rings. The number of benzene rings is 1. The van der Waals surface area contributed by atoms with E-state index in [0.29, 0.717) is 22.5 Å². The molecule has 0 spiro atoms. The van der Waals surface area contributed by atoms with E-state index in [-0.39, 0.29) is 30.3 Å². The van der Waals surface area contributed by atoms with Gasteiger partial charge in [0.25, 0.3) is 0 Å². The lowest BCUT2D eigenvalue weighted by Crippen LogP contribution is -2.42. The van der Waals surface area contributed by atoms with Gasteiger partial charge in [-0.2, -0.15) is 0 Å². The van der Waals surface area contributed by atoms with Gasteiger partial charge >= 0.3 is 0 Å². The quantitative estimate of drug-likeness (QED) is 0.882. The van der Waals surface area contributed by atoms with Crippen molar-refractivity contribution in [3.05, 3.63) is 29.3 Å². The van der Waals surface area contributed by atoms with E-state index < -0.39 is 0 Å². The minimum atomic E-state index is -0.0416. The van der Waals surface area contributed by atoms with Gasteiger partial charge in [-0.15, -0.1) is 12.4 Å². The molecule has 4 unspecified atom stereocenters. The van der Waals surface area contributed by atoms with Crippen LogP contribution in [0.3, 0.4) is 0 Å². The first kappa shape index (κ1) is 14.6. The number of carbonyl (C=O) groups excluding carboxylic acids is 1. The second-order valence-corrected chi connectivity index (χ2v) is 5.81. The van der Waals surface area contributed by atoms with Crippen molar-refractivity contribution >= 4 is 35.6 Å². The van der Waals surface area contributed by atoms with Crippen molar-refractivity contribution in [2.75, 3.05) is 5.32 Å². The number of fused-ring (bicyclic) bond motifs is 2. The number of hydrogen-bond donors (Lipinski definition) is 2. The molecule has 0 saturated heterocycles. The Labute approximate surface area is 124 Å². The van der Waals surface area contributed by atoms with Crippen LogP contribution < -0.4 is 11.1 Å². The number of para-hydroxylation sites is 1. The molecule has 3 N–H and O–H groups in total. The zero-order valence-electron chi connectivity index (χ0n) is 10.5. The lowest BCUT2D eigenvalue weighted by molar-refractivity contribution is -0.121. The van der Waals surface area contributed by atoms with Crippen molar-refractivity contribution in [2.24, 2.45) is 23.5 Å². The van der Waals surface area contributed by atoms with Crippen LogP contribution in [0.4, 0.5) is 5.69 Å². The molecule has 1 aromatic carbocycles. The maximum Gasteiger partial charge on any atom is 0.229 e. The second-order valence-electron chi connectivity index (χ2n) is 5.41. The fourth-order valence-corrected chi connectivity index (χ4v) is 3.69. The Kier molecular flexibility index (Phi) is 4.39. The molecule has 1 aromatic rings. The van der Waals surface area contributed by atoms with E-state index in [1.54, 1.807) is 6.07 Å². The normalized spacial score (nSPS) is 31.9. The molecule has 0 aromatic heterocycles. The van der Waals surface area contributed by atoms with Crippen molar-refractivity contribution in [1.29, 1.82) is 0 Å². The Morgan fingerprint density at radius 3 is 2.58 bits per heavy atom. The highest BCUT2D eigenvalue weighted by Crippen LogP contribution is 2.48. The first-order chi connectivity index (χ1) is 8.66. The summed E-state index contributed by atoms with van der Waals surface area (Å²) in [5.74, 6) is 0.993. The van der Waals surface area contributed by atoms with Crippen molar-refractivity contribution in [3.8, 4) is 0 Å². The fraction of sp³-hybridized carbons (Fsp3) is 0.500. The van der Waals surface area contributed by atoms with E-state index in [2.05, 4.69) is 5.32 Å². The number of hydrogen-bond acceptors (Lipinski definition) is 2. The van der Waals surface area contributed by atoms with Gasteiger partial charge in [0.15, 0.2) is 0 Å². The van der Waals surface area contributed by atoms with E-state index in [9.17, 15) is 4.79 Å². The number of nitrogens with one attached hydrogen (secondary N) is 1. The van der Waals surface area contributed by atoms with Crippen LogP contribution in [-0.4, -0.2) is 11.9 Å². The fourth-order valence-electron chi connectivity index (χ4n) is 3.50. The first-order valence-electron chi connectivity index (χ1n) is 6.48. The van der Waals surface area contributed by atoms with Crippen LogP contribution in [-0.2, 0) is 4.79 Å². The van der Waals surface area contributed by atoms with E-state index in [1.807, 2.05) is 18.2 Å². The Balaban J connectivity index is 0.00000133. The van der Waals surface area contributed by atoms with Gasteiger partial charge in [-0.3, -0.25) is 4.79 Å². The number of carbonyl (C=O) groups is 1. The Hall–Kier alpha value is -0.770. The van der Waals surface area contributed by atoms with Crippen LogP contribution in [0.25, 0.3) is 0 Å². The number of halogens is 2. The van der Waals surface area contributed by atoms with Crippen molar-refractivity contribution < 1.29 is 4.79 Å². The van der Waals surface area contributed by atoms with Crippen LogP contribution in [0.1, 0.15) is 19.3 Å². The Bertz CT molecular complexity index is 478. The summed E-state index contributed by atoms with van der Waals surface area (Å²) in [6.07, 6.45) is 3.43. The van der Waals surface area contributed by atoms with E-state index in [1.165, 1.54) is 6.42 Å². The van der Waals surface area contributed by atoms with E-state index in [0.717, 1.165) is 12.8 Å². The molecule has 1 amide bonds. The minimum Gasteiger partial charge on any atom is -0.327 e. The maximum absolute atomic E-state index is 12.3. The SMILES string of the molecule is Cl.NC1C2CCC(C2)C1C(=O)Nc1ccccc1Cl. The lowest BCUT2D eigenvalue weighted by Gasteiger charge is -2.27. The van der Waals surface area contributed by atoms with Gasteiger partial charge in [-0.05, 0) is 43.2 Å². The molecule has 2 bridgehead atoms. The van der Waals surface area contributed by atoms with E-state index >= 15 is 0 Å². The molecule has 104 valence electrons. The van der Waals surface area contributed by atoms with Crippen LogP contribution in [0.2, 0.25) is 5.02 Å². The molecular formula is C14H18Cl2N2O. The number of amides is 1. The highest BCUT2D eigenvalue weighted by atomic mass is 35.5. The third-order valence-electron chi connectivity index (χ3n) is 4.42. The topological polar surface area (TPSA) is 55.1 Å². The molecule has 2 aliphatic carbocycles. The molecule has 19 heavy (non-hydrogen) atoms. The molecule has 0 radical (unpaired) electrons. The molecule has 0 aliphatic heterocycles. The van der Waals surface area contributed by atoms with E-state index in [4.69, 9.17) is 17.3 Å². The summed E-state index contributed by atoms with van der Waals surface area (Å²) >= 11 is 6.04. The zero-order chi connectivity index (χ0) is 12.7. The summed E-state index contributed by atoms with van der Waals surface area (Å²) in [6, 6.07) is 7.33. The maximum atomic E-state index is 12.3. The number of nitrogens with two attached hydrogens (primary N) is 1. The average Bonchev–Trinajstić information content (AvgIpc) is 2.92. The molecule has 3 rings (SSSR count). The number of rotatable bonds is 2. The molecule has 5 heteroatoms. The van der Waals surface area contributed by atoms with Gasteiger partial charge in [-0.1, -0.05) is 23.7 Å². The Morgan fingerprint density at radius 1 is 1.26 bits per heavy atom. The lowest BCUT2D eigenvalue weighted by atomic mass is 9.84. The summed E-state index contributed by atoms with van der Waals surface area (Å²) in [5.41, 5.74) is 6.84. The largest absolute Gasteiger partial charge is 0.327 e. The number of anilines is 1. The van der Waals surface area contributed by atoms with Crippen molar-refractivity contribution in [2.45, 2.75) is 25.3 Å². The first-order valence-corrected chi connectivity index (χ1v) is 6.85. The molecule has 0 heterocycles. The molecule has 4 atom stereocenters. The molecule has 2 saturated carbocycles. The summed E-state index contributed by atoms with van der Waals surface area (Å²) in [4.78, 5) is 12.3. The van der Waals surface area contributed by atoms with Gasteiger partial charge in [0.2, 0.25) is 5.91 Å². The minimum absolute atomic E-state index is 0. The van der Waals surface area contributed by atoms with Crippen LogP contribution >= 0.6 is 24.0 Å². The smallest absolute Gasteiger partial charge is 0.229 e. The van der Waals surface area contributed by atoms with Gasteiger partial charge in [-0.25, -0.2) is 0 Å². The van der Waals surface area contributed by atoms with Crippen LogP contribution in [0.5, 0.6) is 0 Å². The zero-order valence-corrected chi connectivity index (χ0v) is 12.1. The highest BCUT2D eigenvalue weighted by Gasteiger charge is 2.49. The summed E-state index contributed by atoms with van der Waals surface area (Å²) in [7, 11) is 0. The molecular weight excluding hydrogens is 283 g/mol. The highest BCUT2D eigenvalue weighted by molar-refractivity contribution is 6.33. The summed E-state index contributed by atoms with van der Waals surface area (Å²) < 4.78 is 0. The van der Waals surface area contributed by atoms with Crippen LogP contribution in [0, 0.1) is 17.8 Å². The third kappa shape index (κ3) is 2.60. The van der Waals surface area contributed by atoms with Crippen molar-refractivity contribution in [3.63, 3.8) is 0 Å². The van der Waals surface area contributed by atoms with Gasteiger partial charge in [0.05, 0.1) is 16.6 Å².